The highest BCUT2D eigenvalue weighted by Crippen LogP contribution is 2.17. The zero-order chi connectivity index (χ0) is 20.8. The minimum atomic E-state index is -0.321. The Morgan fingerprint density at radius 1 is 1.17 bits per heavy atom. The van der Waals surface area contributed by atoms with Gasteiger partial charge in [-0.3, -0.25) is 14.7 Å². The normalized spacial score (nSPS) is 18.9. The molecule has 168 valence electrons. The van der Waals surface area contributed by atoms with E-state index in [-0.39, 0.29) is 41.7 Å². The number of nitrogens with zero attached hydrogens (tertiary/aromatic N) is 4. The zero-order valence-corrected chi connectivity index (χ0v) is 20.8. The molecule has 1 aromatic rings. The predicted octanol–water partition coefficient (Wildman–Crippen LogP) is 2.84. The summed E-state index contributed by atoms with van der Waals surface area (Å²) in [5.41, 5.74) is 0.912. The molecule has 2 aliphatic heterocycles. The fraction of sp³-hybridized carbons (Fsp3) is 0.619. The van der Waals surface area contributed by atoms with Gasteiger partial charge in [-0.05, 0) is 43.9 Å². The van der Waals surface area contributed by atoms with Gasteiger partial charge in [-0.15, -0.1) is 24.0 Å². The van der Waals surface area contributed by atoms with Gasteiger partial charge in [0, 0.05) is 57.9 Å². The predicted molar refractivity (Wildman–Crippen MR) is 130 cm³/mol. The maximum atomic E-state index is 13.2. The van der Waals surface area contributed by atoms with Crippen molar-refractivity contribution in [1.29, 1.82) is 0 Å². The van der Waals surface area contributed by atoms with Gasteiger partial charge in [0.2, 0.25) is 5.91 Å². The molecule has 2 heterocycles. The van der Waals surface area contributed by atoms with Crippen LogP contribution in [0.5, 0.6) is 0 Å². The van der Waals surface area contributed by atoms with Gasteiger partial charge in [0.15, 0.2) is 5.96 Å². The van der Waals surface area contributed by atoms with Crippen molar-refractivity contribution in [2.24, 2.45) is 4.99 Å². The molecular weight excluding hydrogens is 520 g/mol. The van der Waals surface area contributed by atoms with Crippen LogP contribution in [0.15, 0.2) is 23.2 Å². The Labute approximate surface area is 200 Å². The van der Waals surface area contributed by atoms with Crippen LogP contribution < -0.4 is 5.32 Å². The molecule has 1 atom stereocenters. The first-order chi connectivity index (χ1) is 14.0. The fourth-order valence-electron chi connectivity index (χ4n) is 4.04. The van der Waals surface area contributed by atoms with E-state index in [0.717, 1.165) is 63.6 Å². The third kappa shape index (κ3) is 6.43. The molecule has 1 unspecified atom stereocenters. The summed E-state index contributed by atoms with van der Waals surface area (Å²) in [6, 6.07) is 4.43. The Balaban J connectivity index is 0.00000320. The van der Waals surface area contributed by atoms with Gasteiger partial charge in [-0.25, -0.2) is 4.39 Å². The second-order valence-corrected chi connectivity index (χ2v) is 8.10. The Kier molecular flexibility index (Phi) is 10.1. The summed E-state index contributed by atoms with van der Waals surface area (Å²) in [6.07, 6.45) is 2.94. The van der Waals surface area contributed by atoms with Crippen molar-refractivity contribution >= 4 is 47.4 Å². The van der Waals surface area contributed by atoms with E-state index >= 15 is 0 Å². The quantitative estimate of drug-likeness (QED) is 0.348. The van der Waals surface area contributed by atoms with Crippen LogP contribution in [0.25, 0.3) is 0 Å². The van der Waals surface area contributed by atoms with Crippen LogP contribution in [0.3, 0.4) is 0 Å². The summed E-state index contributed by atoms with van der Waals surface area (Å²) >= 11 is 6.10. The zero-order valence-electron chi connectivity index (χ0n) is 17.7. The molecule has 6 nitrogen and oxygen atoms in total. The molecule has 1 N–H and O–H groups in total. The maximum absolute atomic E-state index is 13.2. The highest BCUT2D eigenvalue weighted by Gasteiger charge is 2.30. The first kappa shape index (κ1) is 25.1. The van der Waals surface area contributed by atoms with Gasteiger partial charge < -0.3 is 15.1 Å². The second-order valence-electron chi connectivity index (χ2n) is 7.69. The van der Waals surface area contributed by atoms with E-state index in [4.69, 9.17) is 11.6 Å². The summed E-state index contributed by atoms with van der Waals surface area (Å²) in [5, 5.41) is 3.82. The molecule has 2 fully saturated rings. The van der Waals surface area contributed by atoms with E-state index in [1.807, 2.05) is 11.8 Å². The smallest absolute Gasteiger partial charge is 0.239 e. The van der Waals surface area contributed by atoms with E-state index in [2.05, 4.69) is 20.1 Å². The molecule has 2 saturated heterocycles. The SMILES string of the molecule is CN=C(NCCc1ccc(F)cc1Cl)N1CCN(C(C)C(=O)N2CCCC2)CC1.I. The van der Waals surface area contributed by atoms with Crippen LogP contribution in [0.4, 0.5) is 4.39 Å². The van der Waals surface area contributed by atoms with Gasteiger partial charge >= 0.3 is 0 Å². The lowest BCUT2D eigenvalue weighted by Gasteiger charge is -2.39. The monoisotopic (exact) mass is 551 g/mol. The van der Waals surface area contributed by atoms with Gasteiger partial charge in [0.25, 0.3) is 0 Å². The van der Waals surface area contributed by atoms with Crippen LogP contribution in [0.2, 0.25) is 5.02 Å². The first-order valence-electron chi connectivity index (χ1n) is 10.4. The van der Waals surface area contributed by atoms with E-state index in [1.165, 1.54) is 12.1 Å². The summed E-state index contributed by atoms with van der Waals surface area (Å²) in [7, 11) is 1.78. The third-order valence-electron chi connectivity index (χ3n) is 5.84. The van der Waals surface area contributed by atoms with Gasteiger partial charge in [0.05, 0.1) is 6.04 Å². The summed E-state index contributed by atoms with van der Waals surface area (Å²) in [6.45, 7) is 7.83. The van der Waals surface area contributed by atoms with Crippen LogP contribution in [0, 0.1) is 5.82 Å². The number of nitrogens with one attached hydrogen (secondary N) is 1. The topological polar surface area (TPSA) is 51.2 Å². The number of hydrogen-bond acceptors (Lipinski definition) is 3. The van der Waals surface area contributed by atoms with Crippen molar-refractivity contribution < 1.29 is 9.18 Å². The molecule has 9 heteroatoms. The number of carbonyl (C=O) groups excluding carboxylic acids is 1. The fourth-order valence-corrected chi connectivity index (χ4v) is 4.31. The van der Waals surface area contributed by atoms with Crippen molar-refractivity contribution in [3.63, 3.8) is 0 Å². The molecular formula is C21H32ClFIN5O. The lowest BCUT2D eigenvalue weighted by molar-refractivity contribution is -0.135. The summed E-state index contributed by atoms with van der Waals surface area (Å²) in [5.74, 6) is 0.786. The van der Waals surface area contributed by atoms with Crippen molar-refractivity contribution in [3.8, 4) is 0 Å². The van der Waals surface area contributed by atoms with Crippen LogP contribution in [0.1, 0.15) is 25.3 Å². The first-order valence-corrected chi connectivity index (χ1v) is 10.8. The Bertz CT molecular complexity index is 736. The highest BCUT2D eigenvalue weighted by atomic mass is 127. The Morgan fingerprint density at radius 3 is 2.43 bits per heavy atom. The third-order valence-corrected chi connectivity index (χ3v) is 6.19. The number of guanidine groups is 1. The molecule has 0 spiro atoms. The van der Waals surface area contributed by atoms with Gasteiger partial charge in [0.1, 0.15) is 5.82 Å². The van der Waals surface area contributed by atoms with Crippen molar-refractivity contribution in [1.82, 2.24) is 20.0 Å². The molecule has 0 saturated carbocycles. The number of piperazine rings is 1. The number of benzene rings is 1. The molecule has 0 radical (unpaired) electrons. The lowest BCUT2D eigenvalue weighted by Crippen LogP contribution is -2.57. The van der Waals surface area contributed by atoms with E-state index in [0.29, 0.717) is 18.0 Å². The van der Waals surface area contributed by atoms with Gasteiger partial charge in [-0.2, -0.15) is 0 Å². The molecule has 2 aliphatic rings. The number of halogens is 3. The molecule has 3 rings (SSSR count). The summed E-state index contributed by atoms with van der Waals surface area (Å²) < 4.78 is 13.2. The van der Waals surface area contributed by atoms with Crippen molar-refractivity contribution in [2.75, 3.05) is 52.9 Å². The minimum absolute atomic E-state index is 0. The molecule has 0 aliphatic carbocycles. The Morgan fingerprint density at radius 2 is 1.83 bits per heavy atom. The number of rotatable bonds is 5. The second kappa shape index (κ2) is 12.0. The number of carbonyl (C=O) groups is 1. The minimum Gasteiger partial charge on any atom is -0.356 e. The molecule has 0 bridgehead atoms. The lowest BCUT2D eigenvalue weighted by atomic mass is 10.1. The largest absolute Gasteiger partial charge is 0.356 e. The highest BCUT2D eigenvalue weighted by molar-refractivity contribution is 14.0. The van der Waals surface area contributed by atoms with Crippen molar-refractivity contribution in [2.45, 2.75) is 32.2 Å². The number of hydrogen-bond donors (Lipinski definition) is 1. The van der Waals surface area contributed by atoms with E-state index in [9.17, 15) is 9.18 Å². The number of aliphatic imine (C=N–C) groups is 1. The number of likely N-dealkylation sites (tertiary alicyclic amines) is 1. The van der Waals surface area contributed by atoms with Crippen LogP contribution in [-0.4, -0.2) is 85.5 Å². The van der Waals surface area contributed by atoms with Crippen molar-refractivity contribution in [3.05, 3.63) is 34.6 Å². The summed E-state index contributed by atoms with van der Waals surface area (Å²) in [4.78, 5) is 23.5. The van der Waals surface area contributed by atoms with Gasteiger partial charge in [-0.1, -0.05) is 17.7 Å². The van der Waals surface area contributed by atoms with E-state index in [1.54, 1.807) is 13.1 Å². The number of amides is 1. The van der Waals surface area contributed by atoms with Crippen LogP contribution >= 0.6 is 35.6 Å². The molecule has 0 aromatic heterocycles. The average molecular weight is 552 g/mol. The van der Waals surface area contributed by atoms with E-state index < -0.39 is 0 Å². The Hall–Kier alpha value is -1.13. The molecule has 30 heavy (non-hydrogen) atoms. The molecule has 1 amide bonds. The standard InChI is InChI=1S/C21H31ClFN5O.HI/c1-16(20(29)27-9-3-4-10-27)26-11-13-28(14-12-26)21(24-2)25-8-7-17-5-6-18(23)15-19(17)22;/h5-6,15-16H,3-4,7-14H2,1-2H3,(H,24,25);1H. The molecule has 1 aromatic carbocycles. The van der Waals surface area contributed by atoms with Crippen LogP contribution in [-0.2, 0) is 11.2 Å². The maximum Gasteiger partial charge on any atom is 0.239 e. The average Bonchev–Trinajstić information content (AvgIpc) is 3.26.